The number of alkyl halides is 3. The van der Waals surface area contributed by atoms with Crippen LogP contribution in [0, 0.1) is 0 Å². The summed E-state index contributed by atoms with van der Waals surface area (Å²) in [6.07, 6.45) is -5.79. The third-order valence-corrected chi connectivity index (χ3v) is 1.58. The van der Waals surface area contributed by atoms with Crippen molar-refractivity contribution >= 4 is 11.9 Å². The molecule has 74 valence electrons. The second-order valence-electron chi connectivity index (χ2n) is 2.67. The number of halogens is 3. The summed E-state index contributed by atoms with van der Waals surface area (Å²) in [6.45, 7) is 0. The highest BCUT2D eigenvalue weighted by Gasteiger charge is 2.34. The third kappa shape index (κ3) is 2.92. The Morgan fingerprint density at radius 1 is 1.31 bits per heavy atom. The van der Waals surface area contributed by atoms with Gasteiger partial charge in [-0.1, -0.05) is 0 Å². The normalized spacial score (nSPS) is 22.8. The summed E-state index contributed by atoms with van der Waals surface area (Å²) in [4.78, 5) is 21.2. The molecule has 0 aromatic heterocycles. The summed E-state index contributed by atoms with van der Waals surface area (Å²) >= 11 is 0. The highest BCUT2D eigenvalue weighted by Crippen LogP contribution is 2.22. The molecule has 13 heavy (non-hydrogen) atoms. The number of nitrogens with one attached hydrogen (secondary N) is 2. The fourth-order valence-corrected chi connectivity index (χ4v) is 0.970. The van der Waals surface area contributed by atoms with Gasteiger partial charge in [0.1, 0.15) is 6.04 Å². The highest BCUT2D eigenvalue weighted by molar-refractivity contribution is 6.04. The summed E-state index contributed by atoms with van der Waals surface area (Å²) in [5.74, 6) is -0.700. The fraction of sp³-hybridized carbons (Fsp3) is 0.667. The van der Waals surface area contributed by atoms with Crippen LogP contribution in [0.25, 0.3) is 0 Å². The predicted octanol–water partition coefficient (Wildman–Crippen LogP) is 0.537. The van der Waals surface area contributed by atoms with Gasteiger partial charge in [0.05, 0.1) is 0 Å². The van der Waals surface area contributed by atoms with Gasteiger partial charge in [0.2, 0.25) is 0 Å². The molecule has 0 bridgehead atoms. The SMILES string of the molecule is O=C1NC(=O)C(CCC(F)(F)F)N1. The van der Waals surface area contributed by atoms with Crippen LogP contribution < -0.4 is 10.6 Å². The van der Waals surface area contributed by atoms with Crippen LogP contribution in [-0.2, 0) is 4.79 Å². The Morgan fingerprint density at radius 2 is 1.92 bits per heavy atom. The van der Waals surface area contributed by atoms with E-state index in [0.717, 1.165) is 0 Å². The Hall–Kier alpha value is -1.27. The second kappa shape index (κ2) is 3.23. The Kier molecular flexibility index (Phi) is 2.44. The number of carbonyl (C=O) groups is 2. The van der Waals surface area contributed by atoms with Gasteiger partial charge in [-0.15, -0.1) is 0 Å². The number of amides is 3. The molecule has 3 amide bonds. The van der Waals surface area contributed by atoms with E-state index < -0.39 is 37.0 Å². The fourth-order valence-electron chi connectivity index (χ4n) is 0.970. The lowest BCUT2D eigenvalue weighted by Crippen LogP contribution is -2.30. The molecule has 0 aliphatic carbocycles. The van der Waals surface area contributed by atoms with Crippen molar-refractivity contribution in [3.05, 3.63) is 0 Å². The lowest BCUT2D eigenvalue weighted by atomic mass is 10.1. The molecule has 1 saturated heterocycles. The minimum atomic E-state index is -4.30. The van der Waals surface area contributed by atoms with Gasteiger partial charge in [-0.3, -0.25) is 10.1 Å². The van der Waals surface area contributed by atoms with E-state index in [1.165, 1.54) is 0 Å². The molecule has 0 saturated carbocycles. The average molecular weight is 196 g/mol. The monoisotopic (exact) mass is 196 g/mol. The van der Waals surface area contributed by atoms with E-state index in [-0.39, 0.29) is 0 Å². The number of hydrogen-bond donors (Lipinski definition) is 2. The zero-order valence-electron chi connectivity index (χ0n) is 6.44. The molecule has 1 unspecified atom stereocenters. The van der Waals surface area contributed by atoms with Crippen molar-refractivity contribution in [3.63, 3.8) is 0 Å². The standard InChI is InChI=1S/C6H7F3N2O2/c7-6(8,9)2-1-3-4(12)11-5(13)10-3/h3H,1-2H2,(H2,10,11,12,13). The first kappa shape index (κ1) is 9.82. The van der Waals surface area contributed by atoms with Gasteiger partial charge in [0.15, 0.2) is 0 Å². The molecule has 0 aromatic carbocycles. The maximum Gasteiger partial charge on any atom is 0.389 e. The van der Waals surface area contributed by atoms with Crippen molar-refractivity contribution < 1.29 is 22.8 Å². The van der Waals surface area contributed by atoms with Crippen LogP contribution in [-0.4, -0.2) is 24.2 Å². The smallest absolute Gasteiger partial charge is 0.326 e. The lowest BCUT2D eigenvalue weighted by molar-refractivity contribution is -0.138. The van der Waals surface area contributed by atoms with Crippen LogP contribution in [0.2, 0.25) is 0 Å². The van der Waals surface area contributed by atoms with Crippen LogP contribution in [0.5, 0.6) is 0 Å². The van der Waals surface area contributed by atoms with Crippen molar-refractivity contribution in [1.29, 1.82) is 0 Å². The van der Waals surface area contributed by atoms with Crippen LogP contribution in [0.15, 0.2) is 0 Å². The maximum atomic E-state index is 11.7. The van der Waals surface area contributed by atoms with Gasteiger partial charge in [-0.2, -0.15) is 13.2 Å². The van der Waals surface area contributed by atoms with Gasteiger partial charge < -0.3 is 5.32 Å². The molecule has 1 atom stereocenters. The van der Waals surface area contributed by atoms with Crippen molar-refractivity contribution in [3.8, 4) is 0 Å². The van der Waals surface area contributed by atoms with Crippen molar-refractivity contribution in [2.45, 2.75) is 25.1 Å². The van der Waals surface area contributed by atoms with Gasteiger partial charge in [-0.25, -0.2) is 4.79 Å². The lowest BCUT2D eigenvalue weighted by Gasteiger charge is -2.08. The van der Waals surface area contributed by atoms with Crippen molar-refractivity contribution in [2.75, 3.05) is 0 Å². The predicted molar refractivity (Wildman–Crippen MR) is 35.8 cm³/mol. The van der Waals surface area contributed by atoms with E-state index in [1.807, 2.05) is 5.32 Å². The summed E-state index contributed by atoms with van der Waals surface area (Å²) in [5, 5.41) is 3.92. The summed E-state index contributed by atoms with van der Waals surface area (Å²) in [6, 6.07) is -1.79. The first-order chi connectivity index (χ1) is 5.88. The van der Waals surface area contributed by atoms with Gasteiger partial charge in [0.25, 0.3) is 5.91 Å². The van der Waals surface area contributed by atoms with Gasteiger partial charge >= 0.3 is 12.2 Å². The Bertz CT molecular complexity index is 239. The zero-order valence-corrected chi connectivity index (χ0v) is 6.44. The number of rotatable bonds is 2. The Labute approximate surface area is 71.5 Å². The maximum absolute atomic E-state index is 11.7. The van der Waals surface area contributed by atoms with Gasteiger partial charge in [0, 0.05) is 6.42 Å². The van der Waals surface area contributed by atoms with E-state index in [2.05, 4.69) is 5.32 Å². The van der Waals surface area contributed by atoms with Crippen LogP contribution >= 0.6 is 0 Å². The van der Waals surface area contributed by atoms with E-state index in [0.29, 0.717) is 0 Å². The molecule has 0 spiro atoms. The number of urea groups is 1. The summed E-state index contributed by atoms with van der Waals surface area (Å²) < 4.78 is 35.1. The number of imide groups is 1. The minimum Gasteiger partial charge on any atom is -0.326 e. The third-order valence-electron chi connectivity index (χ3n) is 1.58. The molecule has 1 aliphatic heterocycles. The Morgan fingerprint density at radius 3 is 2.31 bits per heavy atom. The van der Waals surface area contributed by atoms with E-state index in [9.17, 15) is 22.8 Å². The molecule has 7 heteroatoms. The topological polar surface area (TPSA) is 58.2 Å². The minimum absolute atomic E-state index is 0.416. The van der Waals surface area contributed by atoms with Crippen molar-refractivity contribution in [1.82, 2.24) is 10.6 Å². The second-order valence-corrected chi connectivity index (χ2v) is 2.67. The molecule has 2 N–H and O–H groups in total. The summed E-state index contributed by atoms with van der Waals surface area (Å²) in [5.41, 5.74) is 0. The molecule has 1 rings (SSSR count). The van der Waals surface area contributed by atoms with Crippen LogP contribution in [0.3, 0.4) is 0 Å². The number of carbonyl (C=O) groups excluding carboxylic acids is 2. The number of hydrogen-bond acceptors (Lipinski definition) is 2. The summed E-state index contributed by atoms with van der Waals surface area (Å²) in [7, 11) is 0. The van der Waals surface area contributed by atoms with Crippen molar-refractivity contribution in [2.24, 2.45) is 0 Å². The molecule has 0 aromatic rings. The van der Waals surface area contributed by atoms with E-state index in [1.54, 1.807) is 0 Å². The molecular weight excluding hydrogens is 189 g/mol. The molecule has 4 nitrogen and oxygen atoms in total. The van der Waals surface area contributed by atoms with E-state index >= 15 is 0 Å². The van der Waals surface area contributed by atoms with Gasteiger partial charge in [-0.05, 0) is 6.42 Å². The van der Waals surface area contributed by atoms with Crippen LogP contribution in [0.1, 0.15) is 12.8 Å². The van der Waals surface area contributed by atoms with E-state index in [4.69, 9.17) is 0 Å². The molecule has 1 aliphatic rings. The first-order valence-electron chi connectivity index (χ1n) is 3.56. The largest absolute Gasteiger partial charge is 0.389 e. The Balaban J connectivity index is 2.38. The average Bonchev–Trinajstić information content (AvgIpc) is 2.24. The molecule has 0 radical (unpaired) electrons. The first-order valence-corrected chi connectivity index (χ1v) is 3.56. The van der Waals surface area contributed by atoms with Crippen LogP contribution in [0.4, 0.5) is 18.0 Å². The molecular formula is C6H7F3N2O2. The quantitative estimate of drug-likeness (QED) is 0.633. The molecule has 1 fully saturated rings. The zero-order chi connectivity index (χ0) is 10.1. The highest BCUT2D eigenvalue weighted by atomic mass is 19.4. The molecule has 1 heterocycles.